The summed E-state index contributed by atoms with van der Waals surface area (Å²) in [5.74, 6) is 0. The number of rotatable bonds is 5. The standard InChI is InChI=1S/C12H17Br2NO2S/c1-4-5-9(3)15-18(16,17)12-7-10(13)8(2)6-11(12)14/h6-7,9,15H,4-5H2,1-3H3. The van der Waals surface area contributed by atoms with Crippen LogP contribution in [0.15, 0.2) is 26.0 Å². The Balaban J connectivity index is 3.09. The van der Waals surface area contributed by atoms with E-state index in [-0.39, 0.29) is 10.9 Å². The van der Waals surface area contributed by atoms with Crippen molar-refractivity contribution in [2.75, 3.05) is 0 Å². The van der Waals surface area contributed by atoms with Crippen LogP contribution in [0.3, 0.4) is 0 Å². The van der Waals surface area contributed by atoms with Crippen molar-refractivity contribution in [1.29, 1.82) is 0 Å². The minimum absolute atomic E-state index is 0.0630. The lowest BCUT2D eigenvalue weighted by molar-refractivity contribution is 0.543. The second-order valence-corrected chi connectivity index (χ2v) is 7.73. The Morgan fingerprint density at radius 1 is 1.28 bits per heavy atom. The summed E-state index contributed by atoms with van der Waals surface area (Å²) in [6.45, 7) is 5.82. The zero-order valence-electron chi connectivity index (χ0n) is 10.6. The van der Waals surface area contributed by atoms with E-state index in [1.165, 1.54) is 0 Å². The molecule has 0 spiro atoms. The summed E-state index contributed by atoms with van der Waals surface area (Å²) >= 11 is 6.66. The van der Waals surface area contributed by atoms with Gasteiger partial charge in [0.1, 0.15) is 0 Å². The van der Waals surface area contributed by atoms with Gasteiger partial charge in [0.2, 0.25) is 10.0 Å². The Morgan fingerprint density at radius 3 is 2.44 bits per heavy atom. The molecule has 0 aliphatic carbocycles. The van der Waals surface area contributed by atoms with Gasteiger partial charge < -0.3 is 0 Å². The monoisotopic (exact) mass is 397 g/mol. The van der Waals surface area contributed by atoms with E-state index in [0.29, 0.717) is 4.47 Å². The molecule has 0 aliphatic heterocycles. The van der Waals surface area contributed by atoms with Crippen LogP contribution < -0.4 is 4.72 Å². The molecule has 0 saturated heterocycles. The minimum Gasteiger partial charge on any atom is -0.208 e. The van der Waals surface area contributed by atoms with Crippen molar-refractivity contribution in [3.63, 3.8) is 0 Å². The third kappa shape index (κ3) is 4.05. The second kappa shape index (κ2) is 6.50. The van der Waals surface area contributed by atoms with Gasteiger partial charge in [-0.25, -0.2) is 13.1 Å². The van der Waals surface area contributed by atoms with Crippen molar-refractivity contribution in [2.24, 2.45) is 0 Å². The predicted molar refractivity (Wildman–Crippen MR) is 81.3 cm³/mol. The van der Waals surface area contributed by atoms with Crippen LogP contribution in [0.2, 0.25) is 0 Å². The van der Waals surface area contributed by atoms with Crippen LogP contribution >= 0.6 is 31.9 Å². The van der Waals surface area contributed by atoms with E-state index in [4.69, 9.17) is 0 Å². The van der Waals surface area contributed by atoms with Crippen molar-refractivity contribution in [3.8, 4) is 0 Å². The fourth-order valence-corrected chi connectivity index (χ4v) is 4.61. The number of sulfonamides is 1. The van der Waals surface area contributed by atoms with E-state index in [0.717, 1.165) is 22.9 Å². The Kier molecular flexibility index (Phi) is 5.83. The van der Waals surface area contributed by atoms with Gasteiger partial charge in [0, 0.05) is 15.0 Å². The minimum atomic E-state index is -3.48. The van der Waals surface area contributed by atoms with Crippen LogP contribution in [-0.4, -0.2) is 14.5 Å². The lowest BCUT2D eigenvalue weighted by atomic mass is 10.2. The number of aryl methyl sites for hydroxylation is 1. The van der Waals surface area contributed by atoms with Gasteiger partial charge in [-0.3, -0.25) is 0 Å². The summed E-state index contributed by atoms with van der Waals surface area (Å²) in [5.41, 5.74) is 0.988. The van der Waals surface area contributed by atoms with E-state index in [1.54, 1.807) is 12.1 Å². The molecule has 18 heavy (non-hydrogen) atoms. The van der Waals surface area contributed by atoms with Gasteiger partial charge in [-0.2, -0.15) is 0 Å². The lowest BCUT2D eigenvalue weighted by Gasteiger charge is -2.15. The quantitative estimate of drug-likeness (QED) is 0.814. The molecule has 6 heteroatoms. The van der Waals surface area contributed by atoms with E-state index < -0.39 is 10.0 Å². The van der Waals surface area contributed by atoms with Crippen LogP contribution in [-0.2, 0) is 10.0 Å². The van der Waals surface area contributed by atoms with Gasteiger partial charge in [0.15, 0.2) is 0 Å². The van der Waals surface area contributed by atoms with Crippen molar-refractivity contribution in [3.05, 3.63) is 26.6 Å². The van der Waals surface area contributed by atoms with Crippen LogP contribution in [0, 0.1) is 6.92 Å². The first-order valence-corrected chi connectivity index (χ1v) is 8.82. The molecule has 0 heterocycles. The fourth-order valence-electron chi connectivity index (χ4n) is 1.65. The van der Waals surface area contributed by atoms with Gasteiger partial charge in [0.05, 0.1) is 4.90 Å². The van der Waals surface area contributed by atoms with E-state index in [2.05, 4.69) is 36.6 Å². The van der Waals surface area contributed by atoms with Crippen molar-refractivity contribution in [2.45, 2.75) is 44.6 Å². The topological polar surface area (TPSA) is 46.2 Å². The molecule has 102 valence electrons. The number of benzene rings is 1. The maximum atomic E-state index is 12.2. The zero-order valence-corrected chi connectivity index (χ0v) is 14.6. The summed E-state index contributed by atoms with van der Waals surface area (Å²) in [5, 5.41) is 0. The average molecular weight is 399 g/mol. The fraction of sp³-hybridized carbons (Fsp3) is 0.500. The van der Waals surface area contributed by atoms with Crippen molar-refractivity contribution >= 4 is 41.9 Å². The maximum Gasteiger partial charge on any atom is 0.241 e. The van der Waals surface area contributed by atoms with Crippen molar-refractivity contribution in [1.82, 2.24) is 4.72 Å². The lowest BCUT2D eigenvalue weighted by Crippen LogP contribution is -2.32. The van der Waals surface area contributed by atoms with Crippen LogP contribution in [0.5, 0.6) is 0 Å². The third-order valence-electron chi connectivity index (χ3n) is 2.58. The van der Waals surface area contributed by atoms with E-state index in [9.17, 15) is 8.42 Å². The first-order chi connectivity index (χ1) is 8.27. The molecule has 3 nitrogen and oxygen atoms in total. The molecule has 0 bridgehead atoms. The summed E-state index contributed by atoms with van der Waals surface area (Å²) in [7, 11) is -3.48. The van der Waals surface area contributed by atoms with Crippen molar-refractivity contribution < 1.29 is 8.42 Å². The van der Waals surface area contributed by atoms with Crippen LogP contribution in [0.1, 0.15) is 32.3 Å². The number of halogens is 2. The van der Waals surface area contributed by atoms with Crippen LogP contribution in [0.4, 0.5) is 0 Å². The largest absolute Gasteiger partial charge is 0.241 e. The molecule has 0 amide bonds. The first-order valence-electron chi connectivity index (χ1n) is 5.76. The Morgan fingerprint density at radius 2 is 1.89 bits per heavy atom. The highest BCUT2D eigenvalue weighted by atomic mass is 79.9. The normalized spacial score (nSPS) is 13.6. The molecule has 1 unspecified atom stereocenters. The molecule has 1 aromatic carbocycles. The smallest absolute Gasteiger partial charge is 0.208 e. The summed E-state index contributed by atoms with van der Waals surface area (Å²) in [6.07, 6.45) is 1.77. The molecule has 0 fully saturated rings. The Bertz CT molecular complexity index is 529. The molecule has 1 N–H and O–H groups in total. The molecule has 1 aromatic rings. The molecule has 1 atom stereocenters. The first kappa shape index (κ1) is 16.1. The van der Waals surface area contributed by atoms with Crippen LogP contribution in [0.25, 0.3) is 0 Å². The van der Waals surface area contributed by atoms with Gasteiger partial charge >= 0.3 is 0 Å². The molecule has 0 radical (unpaired) electrons. The highest BCUT2D eigenvalue weighted by Crippen LogP contribution is 2.28. The number of hydrogen-bond acceptors (Lipinski definition) is 2. The molecule has 1 rings (SSSR count). The zero-order chi connectivity index (χ0) is 13.9. The maximum absolute atomic E-state index is 12.2. The number of nitrogens with one attached hydrogen (secondary N) is 1. The summed E-state index contributed by atoms with van der Waals surface area (Å²) < 4.78 is 28.5. The SMILES string of the molecule is CCCC(C)NS(=O)(=O)c1cc(Br)c(C)cc1Br. The summed E-state index contributed by atoms with van der Waals surface area (Å²) in [4.78, 5) is 0.267. The second-order valence-electron chi connectivity index (χ2n) is 4.34. The number of hydrogen-bond donors (Lipinski definition) is 1. The average Bonchev–Trinajstić information content (AvgIpc) is 2.22. The van der Waals surface area contributed by atoms with Gasteiger partial charge in [-0.15, -0.1) is 0 Å². The summed E-state index contributed by atoms with van der Waals surface area (Å²) in [6, 6.07) is 3.36. The Hall–Kier alpha value is 0.0900. The van der Waals surface area contributed by atoms with E-state index in [1.807, 2.05) is 20.8 Å². The highest BCUT2D eigenvalue weighted by Gasteiger charge is 2.20. The third-order valence-corrected chi connectivity index (χ3v) is 5.98. The molecule has 0 aliphatic rings. The highest BCUT2D eigenvalue weighted by molar-refractivity contribution is 9.11. The van der Waals surface area contributed by atoms with Gasteiger partial charge in [-0.1, -0.05) is 29.3 Å². The predicted octanol–water partition coefficient (Wildman–Crippen LogP) is 3.99. The van der Waals surface area contributed by atoms with Gasteiger partial charge in [0.25, 0.3) is 0 Å². The molecule has 0 saturated carbocycles. The molecular formula is C12H17Br2NO2S. The van der Waals surface area contributed by atoms with E-state index >= 15 is 0 Å². The Labute approximate surface area is 126 Å². The van der Waals surface area contributed by atoms with Gasteiger partial charge in [-0.05, 0) is 53.9 Å². The molecule has 0 aromatic heterocycles. The molecular weight excluding hydrogens is 382 g/mol.